The highest BCUT2D eigenvalue weighted by molar-refractivity contribution is 6.30. The van der Waals surface area contributed by atoms with Crippen molar-refractivity contribution in [2.75, 3.05) is 31.3 Å². The van der Waals surface area contributed by atoms with Gasteiger partial charge in [0.1, 0.15) is 6.61 Å². The highest BCUT2D eigenvalue weighted by atomic mass is 35.5. The van der Waals surface area contributed by atoms with E-state index >= 15 is 0 Å². The highest BCUT2D eigenvalue weighted by Gasteiger charge is 2.24. The van der Waals surface area contributed by atoms with E-state index in [1.165, 1.54) is 0 Å². The van der Waals surface area contributed by atoms with E-state index < -0.39 is 0 Å². The summed E-state index contributed by atoms with van der Waals surface area (Å²) in [4.78, 5) is 14.1. The lowest BCUT2D eigenvalue weighted by molar-refractivity contribution is -0.125. The van der Waals surface area contributed by atoms with E-state index in [9.17, 15) is 4.79 Å². The second-order valence-electron chi connectivity index (χ2n) is 5.22. The summed E-state index contributed by atoms with van der Waals surface area (Å²) in [6.45, 7) is 2.19. The average Bonchev–Trinajstić information content (AvgIpc) is 2.97. The number of hydrogen-bond donors (Lipinski definition) is 0. The Morgan fingerprint density at radius 1 is 1.50 bits per heavy atom. The van der Waals surface area contributed by atoms with Crippen LogP contribution in [-0.4, -0.2) is 38.4 Å². The molecule has 108 valence electrons. The van der Waals surface area contributed by atoms with Crippen LogP contribution in [0.3, 0.4) is 0 Å². The SMILES string of the molecule is O=C(CO[C@H]1CCOC1)N1CCCc2cc(Cl)ccc21. The van der Waals surface area contributed by atoms with E-state index in [4.69, 9.17) is 21.1 Å². The Hall–Kier alpha value is -1.10. The molecule has 1 saturated heterocycles. The zero-order chi connectivity index (χ0) is 13.9. The van der Waals surface area contributed by atoms with Gasteiger partial charge in [0.15, 0.2) is 0 Å². The van der Waals surface area contributed by atoms with Gasteiger partial charge >= 0.3 is 0 Å². The molecule has 1 atom stereocenters. The first kappa shape index (κ1) is 13.9. The van der Waals surface area contributed by atoms with Crippen LogP contribution in [-0.2, 0) is 20.7 Å². The Morgan fingerprint density at radius 3 is 3.20 bits per heavy atom. The summed E-state index contributed by atoms with van der Waals surface area (Å²) in [7, 11) is 0. The first-order valence-corrected chi connectivity index (χ1v) is 7.40. The van der Waals surface area contributed by atoms with Crippen LogP contribution in [0, 0.1) is 0 Å². The topological polar surface area (TPSA) is 38.8 Å². The smallest absolute Gasteiger partial charge is 0.252 e. The normalized spacial score (nSPS) is 21.9. The lowest BCUT2D eigenvalue weighted by atomic mass is 10.0. The van der Waals surface area contributed by atoms with Gasteiger partial charge < -0.3 is 14.4 Å². The van der Waals surface area contributed by atoms with Gasteiger partial charge in [-0.1, -0.05) is 11.6 Å². The fourth-order valence-corrected chi connectivity index (χ4v) is 2.93. The molecule has 2 aliphatic rings. The number of benzene rings is 1. The molecule has 0 radical (unpaired) electrons. The molecular formula is C15H18ClNO3. The van der Waals surface area contributed by atoms with Crippen molar-refractivity contribution in [2.24, 2.45) is 0 Å². The van der Waals surface area contributed by atoms with Crippen molar-refractivity contribution < 1.29 is 14.3 Å². The molecule has 0 aliphatic carbocycles. The van der Waals surface area contributed by atoms with E-state index in [2.05, 4.69) is 0 Å². The third-order valence-corrected chi connectivity index (χ3v) is 4.03. The Bertz CT molecular complexity index is 500. The number of aryl methyl sites for hydroxylation is 1. The molecule has 20 heavy (non-hydrogen) atoms. The summed E-state index contributed by atoms with van der Waals surface area (Å²) in [6.07, 6.45) is 2.87. The van der Waals surface area contributed by atoms with Crippen LogP contribution in [0.5, 0.6) is 0 Å². The van der Waals surface area contributed by atoms with Crippen molar-refractivity contribution in [3.63, 3.8) is 0 Å². The molecule has 1 fully saturated rings. The van der Waals surface area contributed by atoms with Crippen LogP contribution in [0.15, 0.2) is 18.2 Å². The number of rotatable bonds is 3. The predicted molar refractivity (Wildman–Crippen MR) is 77.3 cm³/mol. The standard InChI is InChI=1S/C15H18ClNO3/c16-12-3-4-14-11(8-12)2-1-6-17(14)15(18)10-20-13-5-7-19-9-13/h3-4,8,13H,1-2,5-7,9-10H2/t13-/m0/s1. The second kappa shape index (κ2) is 6.12. The molecule has 0 spiro atoms. The summed E-state index contributed by atoms with van der Waals surface area (Å²) in [6, 6.07) is 5.70. The lowest BCUT2D eigenvalue weighted by Crippen LogP contribution is -2.38. The fraction of sp³-hybridized carbons (Fsp3) is 0.533. The van der Waals surface area contributed by atoms with Gasteiger partial charge in [0, 0.05) is 23.9 Å². The number of ether oxygens (including phenoxy) is 2. The maximum absolute atomic E-state index is 12.3. The Balaban J connectivity index is 1.66. The van der Waals surface area contributed by atoms with Crippen molar-refractivity contribution >= 4 is 23.2 Å². The number of halogens is 1. The number of hydrogen-bond acceptors (Lipinski definition) is 3. The Labute approximate surface area is 123 Å². The minimum atomic E-state index is 0.0140. The maximum Gasteiger partial charge on any atom is 0.252 e. The molecule has 1 amide bonds. The molecule has 0 unspecified atom stereocenters. The Kier molecular flexibility index (Phi) is 4.24. The number of nitrogens with zero attached hydrogens (tertiary/aromatic N) is 1. The third-order valence-electron chi connectivity index (χ3n) is 3.79. The van der Waals surface area contributed by atoms with Crippen molar-refractivity contribution in [3.05, 3.63) is 28.8 Å². The molecule has 2 heterocycles. The van der Waals surface area contributed by atoms with Gasteiger partial charge in [-0.2, -0.15) is 0 Å². The molecule has 0 bridgehead atoms. The molecule has 0 aromatic heterocycles. The van der Waals surface area contributed by atoms with E-state index in [1.54, 1.807) is 0 Å². The van der Waals surface area contributed by atoms with E-state index in [-0.39, 0.29) is 18.6 Å². The van der Waals surface area contributed by atoms with Gasteiger partial charge in [0.25, 0.3) is 5.91 Å². The first-order chi connectivity index (χ1) is 9.74. The monoisotopic (exact) mass is 295 g/mol. The molecule has 1 aromatic rings. The van der Waals surface area contributed by atoms with Crippen LogP contribution < -0.4 is 4.90 Å². The predicted octanol–water partition coefficient (Wildman–Crippen LogP) is 2.42. The number of carbonyl (C=O) groups excluding carboxylic acids is 1. The van der Waals surface area contributed by atoms with Crippen molar-refractivity contribution in [3.8, 4) is 0 Å². The summed E-state index contributed by atoms with van der Waals surface area (Å²) in [5, 5.41) is 0.720. The molecule has 1 aromatic carbocycles. The summed E-state index contributed by atoms with van der Waals surface area (Å²) >= 11 is 6.01. The van der Waals surface area contributed by atoms with Gasteiger partial charge in [-0.3, -0.25) is 4.79 Å². The molecule has 3 rings (SSSR count). The molecular weight excluding hydrogens is 278 g/mol. The Morgan fingerprint density at radius 2 is 2.40 bits per heavy atom. The number of carbonyl (C=O) groups is 1. The van der Waals surface area contributed by atoms with E-state index in [0.717, 1.165) is 48.7 Å². The molecule has 0 N–H and O–H groups in total. The van der Waals surface area contributed by atoms with E-state index in [0.29, 0.717) is 6.61 Å². The lowest BCUT2D eigenvalue weighted by Gasteiger charge is -2.29. The average molecular weight is 296 g/mol. The summed E-state index contributed by atoms with van der Waals surface area (Å²) in [5.41, 5.74) is 2.11. The van der Waals surface area contributed by atoms with Gasteiger partial charge in [0.2, 0.25) is 0 Å². The molecule has 2 aliphatic heterocycles. The van der Waals surface area contributed by atoms with Crippen LogP contribution in [0.4, 0.5) is 5.69 Å². The van der Waals surface area contributed by atoms with Crippen LogP contribution in [0.1, 0.15) is 18.4 Å². The van der Waals surface area contributed by atoms with Crippen molar-refractivity contribution in [1.29, 1.82) is 0 Å². The molecule has 0 saturated carbocycles. The minimum absolute atomic E-state index is 0.0140. The fourth-order valence-electron chi connectivity index (χ4n) is 2.74. The number of amides is 1. The van der Waals surface area contributed by atoms with Gasteiger partial charge in [-0.25, -0.2) is 0 Å². The van der Waals surface area contributed by atoms with Gasteiger partial charge in [0.05, 0.1) is 12.7 Å². The van der Waals surface area contributed by atoms with Crippen LogP contribution in [0.2, 0.25) is 5.02 Å². The largest absolute Gasteiger partial charge is 0.379 e. The second-order valence-corrected chi connectivity index (χ2v) is 5.66. The number of anilines is 1. The van der Waals surface area contributed by atoms with Crippen molar-refractivity contribution in [2.45, 2.75) is 25.4 Å². The maximum atomic E-state index is 12.3. The molecule has 5 heteroatoms. The van der Waals surface area contributed by atoms with Crippen LogP contribution in [0.25, 0.3) is 0 Å². The van der Waals surface area contributed by atoms with Crippen LogP contribution >= 0.6 is 11.6 Å². The van der Waals surface area contributed by atoms with E-state index in [1.807, 2.05) is 23.1 Å². The first-order valence-electron chi connectivity index (χ1n) is 7.02. The minimum Gasteiger partial charge on any atom is -0.379 e. The quantitative estimate of drug-likeness (QED) is 0.860. The summed E-state index contributed by atoms with van der Waals surface area (Å²) < 4.78 is 10.9. The third kappa shape index (κ3) is 2.97. The summed E-state index contributed by atoms with van der Waals surface area (Å²) in [5.74, 6) is 0.0140. The molecule has 4 nitrogen and oxygen atoms in total. The zero-order valence-electron chi connectivity index (χ0n) is 11.3. The van der Waals surface area contributed by atoms with Gasteiger partial charge in [-0.05, 0) is 43.0 Å². The zero-order valence-corrected chi connectivity index (χ0v) is 12.1. The van der Waals surface area contributed by atoms with Crippen molar-refractivity contribution in [1.82, 2.24) is 0 Å². The highest BCUT2D eigenvalue weighted by Crippen LogP contribution is 2.29. The van der Waals surface area contributed by atoms with Gasteiger partial charge in [-0.15, -0.1) is 0 Å². The number of fused-ring (bicyclic) bond motifs is 1.